The van der Waals surface area contributed by atoms with Crippen molar-refractivity contribution < 1.29 is 22.1 Å². The molecule has 60 valence electrons. The summed E-state index contributed by atoms with van der Waals surface area (Å²) in [6.45, 7) is 0. The SMILES string of the molecule is O=S(O)(O)(C=CF)C=CF. The molecule has 0 heterocycles. The van der Waals surface area contributed by atoms with Gasteiger partial charge in [-0.05, 0) is 0 Å². The maximum absolute atomic E-state index is 11.2. The van der Waals surface area contributed by atoms with Crippen molar-refractivity contribution in [2.75, 3.05) is 0 Å². The van der Waals surface area contributed by atoms with Crippen LogP contribution in [0.5, 0.6) is 0 Å². The number of hydrogen-bond acceptors (Lipinski definition) is 1. The van der Waals surface area contributed by atoms with E-state index in [-0.39, 0.29) is 23.5 Å². The van der Waals surface area contributed by atoms with Crippen molar-refractivity contribution in [3.8, 4) is 0 Å². The van der Waals surface area contributed by atoms with Crippen LogP contribution in [-0.2, 0) is 9.63 Å². The van der Waals surface area contributed by atoms with Crippen LogP contribution in [0, 0.1) is 0 Å². The van der Waals surface area contributed by atoms with Gasteiger partial charge in [0.15, 0.2) is 0 Å². The van der Waals surface area contributed by atoms with E-state index in [0.29, 0.717) is 0 Å². The third-order valence-corrected chi connectivity index (χ3v) is 1.84. The van der Waals surface area contributed by atoms with Gasteiger partial charge in [0.1, 0.15) is 9.63 Å². The fraction of sp³-hybridized carbons (Fsp3) is 0. The first kappa shape index (κ1) is 9.41. The lowest BCUT2D eigenvalue weighted by molar-refractivity contribution is 0.415. The molecule has 0 saturated heterocycles. The molecule has 10 heavy (non-hydrogen) atoms. The van der Waals surface area contributed by atoms with Gasteiger partial charge in [-0.15, -0.1) is 0 Å². The van der Waals surface area contributed by atoms with Crippen molar-refractivity contribution in [1.82, 2.24) is 0 Å². The predicted octanol–water partition coefficient (Wildman–Crippen LogP) is 1.63. The predicted molar refractivity (Wildman–Crippen MR) is 33.9 cm³/mol. The number of halogens is 2. The van der Waals surface area contributed by atoms with Crippen molar-refractivity contribution in [2.45, 2.75) is 0 Å². The van der Waals surface area contributed by atoms with Crippen molar-refractivity contribution in [2.24, 2.45) is 0 Å². The van der Waals surface area contributed by atoms with E-state index >= 15 is 0 Å². The molecule has 0 aromatic heterocycles. The van der Waals surface area contributed by atoms with Gasteiger partial charge in [0.25, 0.3) is 0 Å². The molecule has 0 amide bonds. The second-order valence-electron chi connectivity index (χ2n) is 1.51. The van der Waals surface area contributed by atoms with Crippen LogP contribution in [0.3, 0.4) is 0 Å². The van der Waals surface area contributed by atoms with Crippen molar-refractivity contribution in [3.63, 3.8) is 0 Å². The summed E-state index contributed by atoms with van der Waals surface area (Å²) in [5, 5.41) is -0.0689. The highest BCUT2D eigenvalue weighted by Crippen LogP contribution is 2.19. The molecule has 0 rings (SSSR count). The largest absolute Gasteiger partial charge is 0.302 e. The molecule has 0 aliphatic carbocycles. The van der Waals surface area contributed by atoms with Crippen LogP contribution in [0.2, 0.25) is 0 Å². The summed E-state index contributed by atoms with van der Waals surface area (Å²) in [7, 11) is -5.29. The van der Waals surface area contributed by atoms with E-state index in [1.165, 1.54) is 0 Å². The highest BCUT2D eigenvalue weighted by Gasteiger charge is 2.21. The average molecular weight is 172 g/mol. The fourth-order valence-corrected chi connectivity index (χ4v) is 0.716. The first-order valence-corrected chi connectivity index (χ1v) is 4.11. The maximum atomic E-state index is 11.2. The number of rotatable bonds is 2. The van der Waals surface area contributed by atoms with Gasteiger partial charge in [0.2, 0.25) is 0 Å². The molecule has 0 aliphatic rings. The van der Waals surface area contributed by atoms with Gasteiger partial charge >= 0.3 is 0 Å². The standard InChI is InChI=1S/C4H6F2O3S/c5-1-3-10(7,8,9)4-2-6/h1-4H,(H2,7,8,9). The molecule has 0 fully saturated rings. The summed E-state index contributed by atoms with van der Waals surface area (Å²) in [5.41, 5.74) is 0. The lowest BCUT2D eigenvalue weighted by atomic mass is 11.2. The summed E-state index contributed by atoms with van der Waals surface area (Å²) >= 11 is 0. The van der Waals surface area contributed by atoms with E-state index < -0.39 is 9.63 Å². The van der Waals surface area contributed by atoms with E-state index in [9.17, 15) is 13.0 Å². The maximum Gasteiger partial charge on any atom is 0.126 e. The molecule has 3 nitrogen and oxygen atoms in total. The Bertz CT molecular complexity index is 209. The van der Waals surface area contributed by atoms with Gasteiger partial charge in [-0.1, -0.05) is 0 Å². The van der Waals surface area contributed by atoms with Crippen molar-refractivity contribution in [3.05, 3.63) is 23.5 Å². The summed E-state index contributed by atoms with van der Waals surface area (Å²) < 4.78 is 49.8. The molecule has 0 saturated carbocycles. The Hall–Kier alpha value is -0.590. The molecule has 0 aromatic rings. The van der Waals surface area contributed by atoms with Gasteiger partial charge in [0.05, 0.1) is 23.5 Å². The Morgan fingerprint density at radius 2 is 1.40 bits per heavy atom. The van der Waals surface area contributed by atoms with Crippen molar-refractivity contribution >= 4 is 9.63 Å². The van der Waals surface area contributed by atoms with Crippen LogP contribution in [0.15, 0.2) is 23.5 Å². The van der Waals surface area contributed by atoms with Crippen LogP contribution in [0.25, 0.3) is 0 Å². The zero-order chi connectivity index (χ0) is 8.28. The fourth-order valence-electron chi connectivity index (χ4n) is 0.239. The van der Waals surface area contributed by atoms with E-state index in [2.05, 4.69) is 0 Å². The Morgan fingerprint density at radius 1 is 1.10 bits per heavy atom. The highest BCUT2D eigenvalue weighted by molar-refractivity contribution is 8.15. The van der Waals surface area contributed by atoms with Gasteiger partial charge < -0.3 is 9.11 Å². The minimum atomic E-state index is -5.29. The normalized spacial score (nSPS) is 17.8. The molecule has 0 aliphatic heterocycles. The quantitative estimate of drug-likeness (QED) is 0.665. The Balaban J connectivity index is 4.79. The van der Waals surface area contributed by atoms with E-state index in [4.69, 9.17) is 9.11 Å². The molecule has 2 N–H and O–H groups in total. The van der Waals surface area contributed by atoms with Gasteiger partial charge in [-0.2, -0.15) is 0 Å². The number of hydrogen-bond donors (Lipinski definition) is 2. The molecule has 6 heteroatoms. The monoisotopic (exact) mass is 172 g/mol. The smallest absolute Gasteiger partial charge is 0.126 e. The first-order valence-electron chi connectivity index (χ1n) is 2.11. The van der Waals surface area contributed by atoms with Crippen LogP contribution in [0.1, 0.15) is 0 Å². The summed E-state index contributed by atoms with van der Waals surface area (Å²) in [6.07, 6.45) is -0.677. The summed E-state index contributed by atoms with van der Waals surface area (Å²) in [5.74, 6) is 0. The zero-order valence-corrected chi connectivity index (χ0v) is 5.59. The molecule has 0 radical (unpaired) electrons. The zero-order valence-electron chi connectivity index (χ0n) is 4.78. The molecular formula is C4H6F2O3S. The highest BCUT2D eigenvalue weighted by atomic mass is 32.3. The second-order valence-corrected chi connectivity index (χ2v) is 4.01. The Kier molecular flexibility index (Phi) is 2.42. The lowest BCUT2D eigenvalue weighted by Gasteiger charge is -2.19. The van der Waals surface area contributed by atoms with E-state index in [1.54, 1.807) is 0 Å². The third-order valence-electron chi connectivity index (χ3n) is 0.615. The van der Waals surface area contributed by atoms with Gasteiger partial charge in [-0.25, -0.2) is 13.0 Å². The Morgan fingerprint density at radius 3 is 1.60 bits per heavy atom. The average Bonchev–Trinajstić information content (AvgIpc) is 1.61. The van der Waals surface area contributed by atoms with Crippen LogP contribution in [-0.4, -0.2) is 13.3 Å². The minimum Gasteiger partial charge on any atom is -0.302 e. The molecule has 0 atom stereocenters. The van der Waals surface area contributed by atoms with Gasteiger partial charge in [0, 0.05) is 0 Å². The summed E-state index contributed by atoms with van der Waals surface area (Å²) in [6, 6.07) is 0. The van der Waals surface area contributed by atoms with E-state index in [1.807, 2.05) is 0 Å². The topological polar surface area (TPSA) is 57.5 Å². The molecule has 0 bridgehead atoms. The van der Waals surface area contributed by atoms with E-state index in [0.717, 1.165) is 0 Å². The van der Waals surface area contributed by atoms with Crippen LogP contribution in [0.4, 0.5) is 8.78 Å². The first-order chi connectivity index (χ1) is 4.39. The van der Waals surface area contributed by atoms with Crippen LogP contribution < -0.4 is 0 Å². The summed E-state index contributed by atoms with van der Waals surface area (Å²) in [4.78, 5) is 0. The lowest BCUT2D eigenvalue weighted by Crippen LogP contribution is -2.23. The molecular weight excluding hydrogens is 166 g/mol. The van der Waals surface area contributed by atoms with Crippen LogP contribution >= 0.6 is 0 Å². The minimum absolute atomic E-state index is 0.0344. The molecule has 0 unspecified atom stereocenters. The Labute approximate surface area is 56.1 Å². The second kappa shape index (κ2) is 2.57. The van der Waals surface area contributed by atoms with Gasteiger partial charge in [-0.3, -0.25) is 0 Å². The molecule has 0 spiro atoms. The molecule has 0 aromatic carbocycles. The van der Waals surface area contributed by atoms with Crippen molar-refractivity contribution in [1.29, 1.82) is 0 Å². The third kappa shape index (κ3) is 3.44.